The van der Waals surface area contributed by atoms with Gasteiger partial charge in [0.2, 0.25) is 0 Å². The zero-order valence-corrected chi connectivity index (χ0v) is 10.9. The van der Waals surface area contributed by atoms with Crippen molar-refractivity contribution in [2.24, 2.45) is 11.7 Å². The molecule has 0 amide bonds. The first-order chi connectivity index (χ1) is 7.20. The van der Waals surface area contributed by atoms with Crippen LogP contribution in [0.1, 0.15) is 56.0 Å². The van der Waals surface area contributed by atoms with E-state index in [2.05, 4.69) is 32.2 Å². The zero-order chi connectivity index (χ0) is 11.3. The number of hydrogen-bond acceptors (Lipinski definition) is 2. The summed E-state index contributed by atoms with van der Waals surface area (Å²) >= 11 is 1.81. The lowest BCUT2D eigenvalue weighted by Crippen LogP contribution is -2.21. The maximum atomic E-state index is 6.37. The molecule has 0 saturated heterocycles. The molecule has 1 aromatic heterocycles. The molecule has 1 nitrogen and oxygen atoms in total. The molecule has 2 heteroatoms. The van der Waals surface area contributed by atoms with Crippen molar-refractivity contribution >= 4 is 11.3 Å². The molecule has 0 aromatic carbocycles. The predicted octanol–water partition coefficient (Wildman–Crippen LogP) is 4.27. The summed E-state index contributed by atoms with van der Waals surface area (Å²) in [7, 11) is 0. The van der Waals surface area contributed by atoms with Crippen LogP contribution in [0.5, 0.6) is 0 Å². The molecule has 15 heavy (non-hydrogen) atoms. The van der Waals surface area contributed by atoms with Crippen LogP contribution < -0.4 is 5.73 Å². The highest BCUT2D eigenvalue weighted by Gasteiger charge is 2.20. The Morgan fingerprint density at radius 3 is 2.27 bits per heavy atom. The molecular weight excluding hydrogens is 202 g/mol. The van der Waals surface area contributed by atoms with Crippen molar-refractivity contribution in [2.45, 2.75) is 52.5 Å². The molecule has 0 radical (unpaired) electrons. The van der Waals surface area contributed by atoms with Gasteiger partial charge in [0.1, 0.15) is 0 Å². The van der Waals surface area contributed by atoms with Crippen LogP contribution in [0.3, 0.4) is 0 Å². The smallest absolute Gasteiger partial charge is 0.0421 e. The Morgan fingerprint density at radius 2 is 1.87 bits per heavy atom. The van der Waals surface area contributed by atoms with E-state index in [-0.39, 0.29) is 6.04 Å². The minimum Gasteiger partial charge on any atom is -0.323 e. The SMILES string of the molecule is CCCC(CCC)C(N)c1sccc1C. The number of thiophene rings is 1. The summed E-state index contributed by atoms with van der Waals surface area (Å²) in [5.41, 5.74) is 7.73. The summed E-state index contributed by atoms with van der Waals surface area (Å²) in [4.78, 5) is 1.39. The van der Waals surface area contributed by atoms with Gasteiger partial charge < -0.3 is 5.73 Å². The molecule has 0 bridgehead atoms. The fraction of sp³-hybridized carbons (Fsp3) is 0.692. The number of aryl methyl sites for hydroxylation is 1. The molecule has 0 fully saturated rings. The number of rotatable bonds is 6. The van der Waals surface area contributed by atoms with Crippen molar-refractivity contribution in [1.82, 2.24) is 0 Å². The molecule has 0 aliphatic carbocycles. The van der Waals surface area contributed by atoms with Crippen molar-refractivity contribution in [3.8, 4) is 0 Å². The Hall–Kier alpha value is -0.340. The third kappa shape index (κ3) is 3.32. The van der Waals surface area contributed by atoms with E-state index in [0.29, 0.717) is 5.92 Å². The molecule has 1 atom stereocenters. The van der Waals surface area contributed by atoms with Gasteiger partial charge in [0.25, 0.3) is 0 Å². The average molecular weight is 225 g/mol. The van der Waals surface area contributed by atoms with Crippen molar-refractivity contribution < 1.29 is 0 Å². The van der Waals surface area contributed by atoms with Crippen LogP contribution in [0.15, 0.2) is 11.4 Å². The normalized spacial score (nSPS) is 13.4. The Balaban J connectivity index is 2.71. The first-order valence-electron chi connectivity index (χ1n) is 6.00. The summed E-state index contributed by atoms with van der Waals surface area (Å²) in [5, 5.41) is 2.15. The lowest BCUT2D eigenvalue weighted by molar-refractivity contribution is 0.371. The number of hydrogen-bond donors (Lipinski definition) is 1. The highest BCUT2D eigenvalue weighted by molar-refractivity contribution is 7.10. The third-order valence-electron chi connectivity index (χ3n) is 3.03. The first kappa shape index (κ1) is 12.7. The maximum absolute atomic E-state index is 6.37. The highest BCUT2D eigenvalue weighted by atomic mass is 32.1. The summed E-state index contributed by atoms with van der Waals surface area (Å²) in [6.45, 7) is 6.66. The van der Waals surface area contributed by atoms with Crippen LogP contribution in [0.4, 0.5) is 0 Å². The van der Waals surface area contributed by atoms with Gasteiger partial charge >= 0.3 is 0 Å². The minimum atomic E-state index is 0.255. The molecule has 86 valence electrons. The molecule has 0 aliphatic rings. The second-order valence-electron chi connectivity index (χ2n) is 4.33. The molecule has 1 unspecified atom stereocenters. The van der Waals surface area contributed by atoms with Crippen molar-refractivity contribution in [1.29, 1.82) is 0 Å². The highest BCUT2D eigenvalue weighted by Crippen LogP contribution is 2.32. The summed E-state index contributed by atoms with van der Waals surface area (Å²) in [6, 6.07) is 2.43. The van der Waals surface area contributed by atoms with E-state index in [0.717, 1.165) is 0 Å². The number of nitrogens with two attached hydrogens (primary N) is 1. The van der Waals surface area contributed by atoms with Gasteiger partial charge in [0, 0.05) is 10.9 Å². The quantitative estimate of drug-likeness (QED) is 0.768. The second kappa shape index (κ2) is 6.29. The van der Waals surface area contributed by atoms with Crippen molar-refractivity contribution in [3.05, 3.63) is 21.9 Å². The lowest BCUT2D eigenvalue weighted by Gasteiger charge is -2.23. The molecule has 1 aromatic rings. The lowest BCUT2D eigenvalue weighted by atomic mass is 9.89. The van der Waals surface area contributed by atoms with E-state index in [1.807, 2.05) is 11.3 Å². The monoisotopic (exact) mass is 225 g/mol. The van der Waals surface area contributed by atoms with Gasteiger partial charge in [0.15, 0.2) is 0 Å². The largest absolute Gasteiger partial charge is 0.323 e. The average Bonchev–Trinajstić information content (AvgIpc) is 2.63. The fourth-order valence-electron chi connectivity index (χ4n) is 2.19. The fourth-order valence-corrected chi connectivity index (χ4v) is 3.21. The van der Waals surface area contributed by atoms with Crippen LogP contribution in [0.2, 0.25) is 0 Å². The Labute approximate surface area is 97.7 Å². The van der Waals surface area contributed by atoms with Gasteiger partial charge in [-0.05, 0) is 42.7 Å². The van der Waals surface area contributed by atoms with Crippen LogP contribution >= 0.6 is 11.3 Å². The van der Waals surface area contributed by atoms with Crippen LogP contribution in [-0.4, -0.2) is 0 Å². The van der Waals surface area contributed by atoms with Gasteiger partial charge in [-0.2, -0.15) is 0 Å². The van der Waals surface area contributed by atoms with Gasteiger partial charge in [-0.1, -0.05) is 26.7 Å². The molecule has 1 rings (SSSR count). The molecule has 0 saturated carbocycles. The van der Waals surface area contributed by atoms with Crippen LogP contribution in [0.25, 0.3) is 0 Å². The Bertz CT molecular complexity index is 274. The van der Waals surface area contributed by atoms with Crippen LogP contribution in [-0.2, 0) is 0 Å². The van der Waals surface area contributed by atoms with E-state index in [1.165, 1.54) is 36.1 Å². The van der Waals surface area contributed by atoms with Gasteiger partial charge in [-0.15, -0.1) is 11.3 Å². The summed E-state index contributed by atoms with van der Waals surface area (Å²) < 4.78 is 0. The maximum Gasteiger partial charge on any atom is 0.0421 e. The van der Waals surface area contributed by atoms with E-state index in [9.17, 15) is 0 Å². The van der Waals surface area contributed by atoms with E-state index >= 15 is 0 Å². The second-order valence-corrected chi connectivity index (χ2v) is 5.28. The van der Waals surface area contributed by atoms with Gasteiger partial charge in [-0.3, -0.25) is 0 Å². The minimum absolute atomic E-state index is 0.255. The summed E-state index contributed by atoms with van der Waals surface area (Å²) in [6.07, 6.45) is 4.99. The van der Waals surface area contributed by atoms with Gasteiger partial charge in [-0.25, -0.2) is 0 Å². The van der Waals surface area contributed by atoms with Crippen molar-refractivity contribution in [2.75, 3.05) is 0 Å². The Kier molecular flexibility index (Phi) is 5.34. The first-order valence-corrected chi connectivity index (χ1v) is 6.88. The Morgan fingerprint density at radius 1 is 1.27 bits per heavy atom. The topological polar surface area (TPSA) is 26.0 Å². The zero-order valence-electron chi connectivity index (χ0n) is 10.1. The van der Waals surface area contributed by atoms with Crippen molar-refractivity contribution in [3.63, 3.8) is 0 Å². The molecule has 0 aliphatic heterocycles. The standard InChI is InChI=1S/C13H23NS/c1-4-6-11(7-5-2)12(14)13-10(3)8-9-15-13/h8-9,11-12H,4-7,14H2,1-3H3. The van der Waals surface area contributed by atoms with E-state index < -0.39 is 0 Å². The van der Waals surface area contributed by atoms with E-state index in [1.54, 1.807) is 0 Å². The molecule has 2 N–H and O–H groups in total. The molecule has 1 heterocycles. The molecular formula is C13H23NS. The van der Waals surface area contributed by atoms with Gasteiger partial charge in [0.05, 0.1) is 0 Å². The summed E-state index contributed by atoms with van der Waals surface area (Å²) in [5.74, 6) is 0.664. The molecule has 0 spiro atoms. The van der Waals surface area contributed by atoms with E-state index in [4.69, 9.17) is 5.73 Å². The van der Waals surface area contributed by atoms with Crippen LogP contribution in [0, 0.1) is 12.8 Å². The predicted molar refractivity (Wildman–Crippen MR) is 69.3 cm³/mol. The third-order valence-corrected chi connectivity index (χ3v) is 4.15.